The largest absolute Gasteiger partial charge is 0.393 e. The minimum atomic E-state index is -0.236. The van der Waals surface area contributed by atoms with E-state index in [0.717, 1.165) is 43.7 Å². The lowest BCUT2D eigenvalue weighted by molar-refractivity contribution is 0.0792. The van der Waals surface area contributed by atoms with Crippen LogP contribution in [0.3, 0.4) is 0 Å². The SMILES string of the molecule is Cc1nn(-c2ccccc2)c(Cl)c1C(=O)NCc1ccc(CN2CCC(O)CC2)cc1. The van der Waals surface area contributed by atoms with Crippen molar-refractivity contribution in [1.29, 1.82) is 0 Å². The minimum absolute atomic E-state index is 0.154. The Morgan fingerprint density at radius 2 is 1.74 bits per heavy atom. The van der Waals surface area contributed by atoms with Crippen molar-refractivity contribution in [3.8, 4) is 5.69 Å². The number of nitrogens with zero attached hydrogens (tertiary/aromatic N) is 3. The zero-order chi connectivity index (χ0) is 21.8. The predicted octanol–water partition coefficient (Wildman–Crippen LogP) is 3.72. The number of rotatable bonds is 6. The normalized spacial score (nSPS) is 15.2. The molecule has 7 heteroatoms. The summed E-state index contributed by atoms with van der Waals surface area (Å²) in [7, 11) is 0. The fourth-order valence-electron chi connectivity index (χ4n) is 3.87. The molecule has 2 heterocycles. The number of nitrogens with one attached hydrogen (secondary N) is 1. The summed E-state index contributed by atoms with van der Waals surface area (Å²) >= 11 is 6.48. The zero-order valence-electron chi connectivity index (χ0n) is 17.6. The molecule has 0 saturated carbocycles. The number of halogens is 1. The van der Waals surface area contributed by atoms with Crippen molar-refractivity contribution < 1.29 is 9.90 Å². The topological polar surface area (TPSA) is 70.4 Å². The van der Waals surface area contributed by atoms with Gasteiger partial charge in [-0.25, -0.2) is 4.68 Å². The van der Waals surface area contributed by atoms with E-state index in [9.17, 15) is 9.90 Å². The summed E-state index contributed by atoms with van der Waals surface area (Å²) in [6.07, 6.45) is 1.53. The smallest absolute Gasteiger partial charge is 0.256 e. The molecule has 0 atom stereocenters. The first-order valence-electron chi connectivity index (χ1n) is 10.6. The van der Waals surface area contributed by atoms with Crippen molar-refractivity contribution in [2.45, 2.75) is 39.0 Å². The van der Waals surface area contributed by atoms with Gasteiger partial charge in [-0.2, -0.15) is 5.10 Å². The monoisotopic (exact) mass is 438 g/mol. The van der Waals surface area contributed by atoms with Gasteiger partial charge in [0.1, 0.15) is 5.15 Å². The Morgan fingerprint density at radius 1 is 1.10 bits per heavy atom. The van der Waals surface area contributed by atoms with E-state index in [2.05, 4.69) is 27.4 Å². The van der Waals surface area contributed by atoms with Crippen molar-refractivity contribution in [1.82, 2.24) is 20.0 Å². The van der Waals surface area contributed by atoms with Crippen LogP contribution in [0.25, 0.3) is 5.69 Å². The molecule has 0 spiro atoms. The summed E-state index contributed by atoms with van der Waals surface area (Å²) in [4.78, 5) is 15.1. The van der Waals surface area contributed by atoms with Gasteiger partial charge in [0, 0.05) is 26.2 Å². The highest BCUT2D eigenvalue weighted by molar-refractivity contribution is 6.33. The molecule has 2 N–H and O–H groups in total. The van der Waals surface area contributed by atoms with Crippen molar-refractivity contribution >= 4 is 17.5 Å². The van der Waals surface area contributed by atoms with Crippen LogP contribution in [0.2, 0.25) is 5.15 Å². The number of aromatic nitrogens is 2. The van der Waals surface area contributed by atoms with Crippen LogP contribution >= 0.6 is 11.6 Å². The second-order valence-corrected chi connectivity index (χ2v) is 8.36. The number of hydrogen-bond donors (Lipinski definition) is 2. The van der Waals surface area contributed by atoms with Crippen LogP contribution in [-0.4, -0.2) is 44.9 Å². The number of likely N-dealkylation sites (tertiary alicyclic amines) is 1. The van der Waals surface area contributed by atoms with Crippen LogP contribution in [0, 0.1) is 6.92 Å². The maximum atomic E-state index is 12.8. The van der Waals surface area contributed by atoms with Crippen LogP contribution in [0.5, 0.6) is 0 Å². The van der Waals surface area contributed by atoms with E-state index in [1.807, 2.05) is 42.5 Å². The van der Waals surface area contributed by atoms with Gasteiger partial charge in [-0.3, -0.25) is 9.69 Å². The van der Waals surface area contributed by atoms with Crippen molar-refractivity contribution in [3.63, 3.8) is 0 Å². The number of carbonyl (C=O) groups is 1. The van der Waals surface area contributed by atoms with Crippen LogP contribution in [0.15, 0.2) is 54.6 Å². The number of piperidine rings is 1. The third kappa shape index (κ3) is 5.15. The first-order valence-corrected chi connectivity index (χ1v) is 11.0. The van der Waals surface area contributed by atoms with Gasteiger partial charge in [0.2, 0.25) is 0 Å². The highest BCUT2D eigenvalue weighted by Gasteiger charge is 2.21. The number of aliphatic hydroxyl groups excluding tert-OH is 1. The Hall–Kier alpha value is -2.67. The number of aliphatic hydroxyl groups is 1. The van der Waals surface area contributed by atoms with Gasteiger partial charge in [-0.1, -0.05) is 54.1 Å². The molecular formula is C24H27ClN4O2. The van der Waals surface area contributed by atoms with Gasteiger partial charge in [0.25, 0.3) is 5.91 Å². The molecule has 3 aromatic rings. The van der Waals surface area contributed by atoms with Gasteiger partial charge in [0.05, 0.1) is 23.0 Å². The van der Waals surface area contributed by atoms with Gasteiger partial charge in [-0.15, -0.1) is 0 Å². The van der Waals surface area contributed by atoms with E-state index >= 15 is 0 Å². The number of benzene rings is 2. The molecule has 6 nitrogen and oxygen atoms in total. The van der Waals surface area contributed by atoms with Crippen molar-refractivity contribution in [2.75, 3.05) is 13.1 Å². The molecule has 0 unspecified atom stereocenters. The molecule has 0 bridgehead atoms. The van der Waals surface area contributed by atoms with E-state index in [1.165, 1.54) is 5.56 Å². The van der Waals surface area contributed by atoms with Gasteiger partial charge in [-0.05, 0) is 43.0 Å². The third-order valence-corrected chi connectivity index (χ3v) is 6.02. The minimum Gasteiger partial charge on any atom is -0.393 e. The molecule has 1 aliphatic rings. The van der Waals surface area contributed by atoms with Gasteiger partial charge < -0.3 is 10.4 Å². The molecule has 0 aliphatic carbocycles. The first-order chi connectivity index (χ1) is 15.0. The predicted molar refractivity (Wildman–Crippen MR) is 121 cm³/mol. The molecular weight excluding hydrogens is 412 g/mol. The maximum absolute atomic E-state index is 12.8. The molecule has 1 aromatic heterocycles. The second-order valence-electron chi connectivity index (χ2n) is 8.01. The molecule has 162 valence electrons. The average Bonchev–Trinajstić information content (AvgIpc) is 3.09. The second kappa shape index (κ2) is 9.64. The summed E-state index contributed by atoms with van der Waals surface area (Å²) in [5.74, 6) is -0.236. The number of hydrogen-bond acceptors (Lipinski definition) is 4. The highest BCUT2D eigenvalue weighted by atomic mass is 35.5. The molecule has 1 saturated heterocycles. The molecule has 4 rings (SSSR count). The van der Waals surface area contributed by atoms with Crippen LogP contribution in [-0.2, 0) is 13.1 Å². The van der Waals surface area contributed by atoms with Crippen molar-refractivity contribution in [3.05, 3.63) is 82.1 Å². The summed E-state index contributed by atoms with van der Waals surface area (Å²) < 4.78 is 1.58. The van der Waals surface area contributed by atoms with Crippen LogP contribution in [0.4, 0.5) is 0 Å². The van der Waals surface area contributed by atoms with Crippen molar-refractivity contribution in [2.24, 2.45) is 0 Å². The lowest BCUT2D eigenvalue weighted by Crippen LogP contribution is -2.35. The zero-order valence-corrected chi connectivity index (χ0v) is 18.3. The summed E-state index contributed by atoms with van der Waals surface area (Å²) in [5.41, 5.74) is 4.06. The van der Waals surface area contributed by atoms with E-state index in [-0.39, 0.29) is 12.0 Å². The summed E-state index contributed by atoms with van der Waals surface area (Å²) in [6.45, 7) is 4.94. The summed E-state index contributed by atoms with van der Waals surface area (Å²) in [5, 5.41) is 17.3. The Morgan fingerprint density at radius 3 is 2.42 bits per heavy atom. The van der Waals surface area contributed by atoms with E-state index in [0.29, 0.717) is 23.0 Å². The first kappa shape index (κ1) is 21.6. The number of carbonyl (C=O) groups excluding carboxylic acids is 1. The summed E-state index contributed by atoms with van der Waals surface area (Å²) in [6, 6.07) is 17.8. The maximum Gasteiger partial charge on any atom is 0.256 e. The molecule has 31 heavy (non-hydrogen) atoms. The lowest BCUT2D eigenvalue weighted by Gasteiger charge is -2.29. The fourth-order valence-corrected chi connectivity index (χ4v) is 4.22. The Labute approximate surface area is 187 Å². The Kier molecular flexibility index (Phi) is 6.70. The fraction of sp³-hybridized carbons (Fsp3) is 0.333. The van der Waals surface area contributed by atoms with Crippen LogP contribution in [0.1, 0.15) is 40.0 Å². The van der Waals surface area contributed by atoms with E-state index in [1.54, 1.807) is 11.6 Å². The quantitative estimate of drug-likeness (QED) is 0.615. The third-order valence-electron chi connectivity index (χ3n) is 5.67. The van der Waals surface area contributed by atoms with Gasteiger partial charge in [0.15, 0.2) is 0 Å². The molecule has 1 amide bonds. The van der Waals surface area contributed by atoms with E-state index in [4.69, 9.17) is 11.6 Å². The average molecular weight is 439 g/mol. The molecule has 2 aromatic carbocycles. The number of aryl methyl sites for hydroxylation is 1. The number of amides is 1. The number of para-hydroxylation sites is 1. The Balaban J connectivity index is 1.36. The molecule has 0 radical (unpaired) electrons. The molecule has 1 aliphatic heterocycles. The Bertz CT molecular complexity index is 1030. The van der Waals surface area contributed by atoms with E-state index < -0.39 is 0 Å². The highest BCUT2D eigenvalue weighted by Crippen LogP contribution is 2.23. The van der Waals surface area contributed by atoms with Gasteiger partial charge >= 0.3 is 0 Å². The van der Waals surface area contributed by atoms with Crippen LogP contribution < -0.4 is 5.32 Å². The lowest BCUT2D eigenvalue weighted by atomic mass is 10.1. The standard InChI is InChI=1S/C24H27ClN4O2/c1-17-22(23(25)29(27-17)20-5-3-2-4-6-20)24(31)26-15-18-7-9-19(10-8-18)16-28-13-11-21(30)12-14-28/h2-10,21,30H,11-16H2,1H3,(H,26,31). The molecule has 1 fully saturated rings.